The van der Waals surface area contributed by atoms with Crippen LogP contribution in [0.5, 0.6) is 0 Å². The molecule has 3 N–H and O–H groups in total. The van der Waals surface area contributed by atoms with E-state index >= 15 is 0 Å². The molecular formula is C22H30N6O2. The van der Waals surface area contributed by atoms with Gasteiger partial charge in [0, 0.05) is 49.6 Å². The first-order chi connectivity index (χ1) is 14.5. The van der Waals surface area contributed by atoms with Crippen LogP contribution in [0.25, 0.3) is 0 Å². The summed E-state index contributed by atoms with van der Waals surface area (Å²) in [6.07, 6.45) is 1.83. The van der Waals surface area contributed by atoms with Crippen molar-refractivity contribution in [2.45, 2.75) is 38.8 Å². The number of hydrogen-bond donors (Lipinski definition) is 3. The number of benzene rings is 1. The van der Waals surface area contributed by atoms with E-state index in [2.05, 4.69) is 39.6 Å². The fourth-order valence-electron chi connectivity index (χ4n) is 4.33. The number of anilines is 1. The summed E-state index contributed by atoms with van der Waals surface area (Å²) in [5.74, 6) is 0.322. The first kappa shape index (κ1) is 20.4. The zero-order valence-corrected chi connectivity index (χ0v) is 17.6. The van der Waals surface area contributed by atoms with E-state index < -0.39 is 0 Å². The van der Waals surface area contributed by atoms with Crippen LogP contribution in [0.2, 0.25) is 0 Å². The third-order valence-corrected chi connectivity index (χ3v) is 5.84. The molecule has 0 radical (unpaired) electrons. The van der Waals surface area contributed by atoms with Gasteiger partial charge in [-0.15, -0.1) is 0 Å². The summed E-state index contributed by atoms with van der Waals surface area (Å²) >= 11 is 0. The van der Waals surface area contributed by atoms with Crippen molar-refractivity contribution in [1.29, 1.82) is 0 Å². The van der Waals surface area contributed by atoms with Gasteiger partial charge in [0.1, 0.15) is 5.69 Å². The first-order valence-electron chi connectivity index (χ1n) is 10.7. The topological polar surface area (TPSA) is 93.4 Å². The summed E-state index contributed by atoms with van der Waals surface area (Å²) in [6.45, 7) is 7.15. The molecule has 2 aliphatic rings. The van der Waals surface area contributed by atoms with E-state index in [1.54, 1.807) is 0 Å². The number of hydrogen-bond acceptors (Lipinski definition) is 4. The van der Waals surface area contributed by atoms with E-state index in [4.69, 9.17) is 0 Å². The van der Waals surface area contributed by atoms with Crippen LogP contribution < -0.4 is 10.6 Å². The molecular weight excluding hydrogens is 380 g/mol. The monoisotopic (exact) mass is 410 g/mol. The molecule has 2 saturated heterocycles. The van der Waals surface area contributed by atoms with E-state index in [1.165, 1.54) is 0 Å². The lowest BCUT2D eigenvalue weighted by Crippen LogP contribution is -2.58. The Morgan fingerprint density at radius 1 is 1.23 bits per heavy atom. The molecule has 4 rings (SSSR count). The highest BCUT2D eigenvalue weighted by atomic mass is 16.2. The van der Waals surface area contributed by atoms with Crippen molar-refractivity contribution in [1.82, 2.24) is 25.3 Å². The maximum Gasteiger partial charge on any atom is 0.322 e. The van der Waals surface area contributed by atoms with Crippen molar-refractivity contribution in [2.24, 2.45) is 5.92 Å². The number of nitrogens with one attached hydrogen (secondary N) is 3. The van der Waals surface area contributed by atoms with Gasteiger partial charge in [0.15, 0.2) is 0 Å². The van der Waals surface area contributed by atoms with Crippen molar-refractivity contribution in [2.75, 3.05) is 31.5 Å². The Morgan fingerprint density at radius 2 is 2.03 bits per heavy atom. The number of urea groups is 1. The van der Waals surface area contributed by atoms with E-state index in [0.717, 1.165) is 37.3 Å². The third-order valence-electron chi connectivity index (χ3n) is 5.84. The molecule has 0 saturated carbocycles. The molecule has 160 valence electrons. The minimum Gasteiger partial charge on any atom is -0.349 e. The lowest BCUT2D eigenvalue weighted by atomic mass is 10.1. The summed E-state index contributed by atoms with van der Waals surface area (Å²) < 4.78 is 0. The Morgan fingerprint density at radius 3 is 2.80 bits per heavy atom. The van der Waals surface area contributed by atoms with E-state index in [-0.39, 0.29) is 24.0 Å². The van der Waals surface area contributed by atoms with E-state index in [0.29, 0.717) is 24.7 Å². The summed E-state index contributed by atoms with van der Waals surface area (Å²) in [7, 11) is 0. The Labute approximate surface area is 177 Å². The number of aromatic nitrogens is 2. The molecule has 2 aliphatic heterocycles. The minimum atomic E-state index is -0.178. The zero-order chi connectivity index (χ0) is 21.1. The number of fused-ring (bicyclic) bond motifs is 2. The summed E-state index contributed by atoms with van der Waals surface area (Å²) in [4.78, 5) is 29.7. The van der Waals surface area contributed by atoms with Gasteiger partial charge in [0.05, 0.1) is 0 Å². The molecule has 1 aromatic carbocycles. The smallest absolute Gasteiger partial charge is 0.322 e. The average molecular weight is 411 g/mol. The van der Waals surface area contributed by atoms with Crippen molar-refractivity contribution in [3.8, 4) is 0 Å². The number of aromatic amines is 1. The molecule has 3 heterocycles. The predicted molar refractivity (Wildman–Crippen MR) is 115 cm³/mol. The highest BCUT2D eigenvalue weighted by Crippen LogP contribution is 2.25. The lowest BCUT2D eigenvalue weighted by molar-refractivity contribution is 0.0878. The van der Waals surface area contributed by atoms with E-state index in [1.807, 2.05) is 41.3 Å². The molecule has 1 aromatic heterocycles. The minimum absolute atomic E-state index is 0.0743. The van der Waals surface area contributed by atoms with Crippen molar-refractivity contribution < 1.29 is 9.59 Å². The zero-order valence-electron chi connectivity index (χ0n) is 17.6. The van der Waals surface area contributed by atoms with Crippen molar-refractivity contribution in [3.63, 3.8) is 0 Å². The fourth-order valence-corrected chi connectivity index (χ4v) is 4.33. The standard InChI is InChI=1S/C22H30N6O2/c1-15(2)10-17-11-20(26-25-17)21(29)23-12-19-14-28(18-8-9-27(19)13-18)22(30)24-16-6-4-3-5-7-16/h3-7,11,15,18-19H,8-10,12-14H2,1-2H3,(H,23,29)(H,24,30)(H,25,26)/t18-,19+/m0/s1. The van der Waals surface area contributed by atoms with E-state index in [9.17, 15) is 9.59 Å². The second-order valence-corrected chi connectivity index (χ2v) is 8.63. The van der Waals surface area contributed by atoms with Gasteiger partial charge >= 0.3 is 6.03 Å². The Balaban J connectivity index is 1.34. The average Bonchev–Trinajstić information content (AvgIpc) is 3.35. The quantitative estimate of drug-likeness (QED) is 0.681. The molecule has 3 amide bonds. The molecule has 2 bridgehead atoms. The maximum atomic E-state index is 12.8. The molecule has 8 heteroatoms. The highest BCUT2D eigenvalue weighted by molar-refractivity contribution is 5.92. The summed E-state index contributed by atoms with van der Waals surface area (Å²) in [5, 5.41) is 13.1. The number of para-hydroxylation sites is 1. The summed E-state index contributed by atoms with van der Waals surface area (Å²) in [5.41, 5.74) is 2.18. The van der Waals surface area contributed by atoms with Crippen LogP contribution in [0, 0.1) is 5.92 Å². The second-order valence-electron chi connectivity index (χ2n) is 8.63. The Bertz CT molecular complexity index is 881. The van der Waals surface area contributed by atoms with Crippen LogP contribution in [-0.4, -0.2) is 70.2 Å². The Kier molecular flexibility index (Phi) is 6.03. The van der Waals surface area contributed by atoms with Gasteiger partial charge in [-0.05, 0) is 37.0 Å². The van der Waals surface area contributed by atoms with Crippen LogP contribution >= 0.6 is 0 Å². The summed E-state index contributed by atoms with van der Waals surface area (Å²) in [6, 6.07) is 11.6. The van der Waals surface area contributed by atoms with Crippen molar-refractivity contribution in [3.05, 3.63) is 47.8 Å². The molecule has 8 nitrogen and oxygen atoms in total. The van der Waals surface area contributed by atoms with Gasteiger partial charge < -0.3 is 15.5 Å². The molecule has 1 unspecified atom stereocenters. The highest BCUT2D eigenvalue weighted by Gasteiger charge is 2.40. The lowest BCUT2D eigenvalue weighted by Gasteiger charge is -2.40. The van der Waals surface area contributed by atoms with Gasteiger partial charge in [-0.1, -0.05) is 32.0 Å². The SMILES string of the molecule is CC(C)Cc1cc(C(=O)NC[C@@H]2CN(C(=O)Nc3ccccc3)[C@H]3CCN2C3)n[nH]1. The molecule has 3 atom stereocenters. The first-order valence-corrected chi connectivity index (χ1v) is 10.7. The Hall–Kier alpha value is -2.87. The predicted octanol–water partition coefficient (Wildman–Crippen LogP) is 2.33. The number of carbonyl (C=O) groups excluding carboxylic acids is 2. The van der Waals surface area contributed by atoms with Crippen LogP contribution in [0.4, 0.5) is 10.5 Å². The number of H-pyrrole nitrogens is 1. The number of carbonyl (C=O) groups is 2. The van der Waals surface area contributed by atoms with Crippen LogP contribution in [0.3, 0.4) is 0 Å². The molecule has 0 spiro atoms. The van der Waals surface area contributed by atoms with Gasteiger partial charge in [-0.2, -0.15) is 5.10 Å². The largest absolute Gasteiger partial charge is 0.349 e. The number of nitrogens with zero attached hydrogens (tertiary/aromatic N) is 3. The van der Waals surface area contributed by atoms with Gasteiger partial charge in [0.25, 0.3) is 5.91 Å². The van der Waals surface area contributed by atoms with Gasteiger partial charge in [-0.3, -0.25) is 14.8 Å². The van der Waals surface area contributed by atoms with Gasteiger partial charge in [-0.25, -0.2) is 4.79 Å². The third kappa shape index (κ3) is 4.64. The normalized spacial score (nSPS) is 22.9. The van der Waals surface area contributed by atoms with Crippen LogP contribution in [0.1, 0.15) is 36.5 Å². The second kappa shape index (κ2) is 8.87. The molecule has 2 fully saturated rings. The van der Waals surface area contributed by atoms with Crippen molar-refractivity contribution >= 4 is 17.6 Å². The van der Waals surface area contributed by atoms with Crippen LogP contribution in [-0.2, 0) is 6.42 Å². The van der Waals surface area contributed by atoms with Gasteiger partial charge in [0.2, 0.25) is 0 Å². The molecule has 2 aromatic rings. The molecule has 30 heavy (non-hydrogen) atoms. The number of piperazine rings is 1. The number of amides is 3. The van der Waals surface area contributed by atoms with Crippen LogP contribution in [0.15, 0.2) is 36.4 Å². The maximum absolute atomic E-state index is 12.8. The molecule has 0 aliphatic carbocycles. The number of rotatable bonds is 6. The fraction of sp³-hybridized carbons (Fsp3) is 0.500.